The third kappa shape index (κ3) is 4.61. The summed E-state index contributed by atoms with van der Waals surface area (Å²) in [5.74, 6) is 0. The van der Waals surface area contributed by atoms with Crippen LogP contribution in [0.4, 0.5) is 0 Å². The average Bonchev–Trinajstić information content (AvgIpc) is 3.74. The van der Waals surface area contributed by atoms with Gasteiger partial charge < -0.3 is 4.57 Å². The van der Waals surface area contributed by atoms with E-state index in [0.717, 1.165) is 56.4 Å². The maximum absolute atomic E-state index is 5.30. The van der Waals surface area contributed by atoms with Crippen LogP contribution in [-0.2, 0) is 0 Å². The quantitative estimate of drug-likeness (QED) is 0.185. The molecule has 6 heteroatoms. The summed E-state index contributed by atoms with van der Waals surface area (Å²) in [6.07, 6.45) is 3.60. The second kappa shape index (κ2) is 11.6. The van der Waals surface area contributed by atoms with Crippen molar-refractivity contribution >= 4 is 53.4 Å². The number of para-hydroxylation sites is 2. The smallest absolute Gasteiger partial charge is 0.0900 e. The first-order valence-corrected chi connectivity index (χ1v) is 17.4. The first kappa shape index (κ1) is 28.5. The predicted octanol–water partition coefficient (Wildman–Crippen LogP) is 11.4. The highest BCUT2D eigenvalue weighted by atomic mass is 32.1. The number of hydrogen-bond donors (Lipinski definition) is 0. The minimum atomic E-state index is 0.809. The first-order valence-electron chi connectivity index (χ1n) is 16.6. The van der Waals surface area contributed by atoms with Crippen LogP contribution in [0.5, 0.6) is 0 Å². The molecule has 10 aromatic rings. The Hall–Kier alpha value is -6.50. The largest absolute Gasteiger partial charge is 0.308 e. The molecule has 0 atom stereocenters. The molecule has 0 saturated carbocycles. The molecule has 0 spiro atoms. The van der Waals surface area contributed by atoms with Crippen molar-refractivity contribution in [2.45, 2.75) is 0 Å². The molecule has 0 amide bonds. The molecule has 0 aliphatic rings. The van der Waals surface area contributed by atoms with Crippen molar-refractivity contribution in [1.82, 2.24) is 24.5 Å². The molecule has 5 nitrogen and oxygen atoms in total. The SMILES string of the molecule is c1ccc(-c2nc3ccccc3c3sc4c5ccccc5n(-c5ccc(-c6cc(-c7ccccn7)nc(-c7ccccn7)c6)cc5)c4c23)cc1. The van der Waals surface area contributed by atoms with Gasteiger partial charge in [0.25, 0.3) is 0 Å². The Morgan fingerprint density at radius 2 is 1.10 bits per heavy atom. The van der Waals surface area contributed by atoms with Gasteiger partial charge in [0.05, 0.1) is 49.7 Å². The van der Waals surface area contributed by atoms with Crippen molar-refractivity contribution in [2.75, 3.05) is 0 Å². The molecule has 0 aliphatic carbocycles. The standard InChI is InChI=1S/C44H27N5S/c1-2-12-29(13-3-1)41-40-42-44(50-43(40)32-14-4-6-16-34(32)48-41)33-15-5-7-19-39(33)49(42)31-22-20-28(21-23-31)30-26-37(35-17-8-10-24-45-35)47-38(27-30)36-18-9-11-25-46-36/h1-27H. The minimum Gasteiger partial charge on any atom is -0.308 e. The maximum atomic E-state index is 5.30. The number of pyridine rings is 4. The van der Waals surface area contributed by atoms with Crippen molar-refractivity contribution in [3.63, 3.8) is 0 Å². The lowest BCUT2D eigenvalue weighted by atomic mass is 10.0. The summed E-state index contributed by atoms with van der Waals surface area (Å²) in [6.45, 7) is 0. The van der Waals surface area contributed by atoms with Gasteiger partial charge in [0, 0.05) is 44.5 Å². The molecule has 0 fully saturated rings. The van der Waals surface area contributed by atoms with Crippen LogP contribution in [0, 0.1) is 0 Å². The first-order chi connectivity index (χ1) is 24.8. The highest BCUT2D eigenvalue weighted by molar-refractivity contribution is 7.27. The average molecular weight is 658 g/mol. The minimum absolute atomic E-state index is 0.809. The Bertz CT molecular complexity index is 2780. The highest BCUT2D eigenvalue weighted by Gasteiger charge is 2.23. The molecule has 50 heavy (non-hydrogen) atoms. The molecule has 10 rings (SSSR count). The molecular weight excluding hydrogens is 631 g/mol. The fourth-order valence-corrected chi connectivity index (χ4v) is 8.37. The summed E-state index contributed by atoms with van der Waals surface area (Å²) in [5, 5.41) is 3.61. The number of aromatic nitrogens is 5. The Balaban J connectivity index is 1.20. The van der Waals surface area contributed by atoms with E-state index in [1.54, 1.807) is 12.4 Å². The summed E-state index contributed by atoms with van der Waals surface area (Å²) < 4.78 is 4.95. The molecule has 0 N–H and O–H groups in total. The van der Waals surface area contributed by atoms with Gasteiger partial charge in [-0.15, -0.1) is 11.3 Å². The molecule has 4 aromatic carbocycles. The van der Waals surface area contributed by atoms with Crippen molar-refractivity contribution in [3.8, 4) is 50.8 Å². The van der Waals surface area contributed by atoms with Crippen molar-refractivity contribution in [2.24, 2.45) is 0 Å². The molecule has 0 bridgehead atoms. The summed E-state index contributed by atoms with van der Waals surface area (Å²) in [6, 6.07) is 52.7. The number of hydrogen-bond acceptors (Lipinski definition) is 5. The molecule has 0 saturated heterocycles. The van der Waals surface area contributed by atoms with Crippen LogP contribution in [0.2, 0.25) is 0 Å². The van der Waals surface area contributed by atoms with Gasteiger partial charge in [0.2, 0.25) is 0 Å². The molecule has 0 radical (unpaired) electrons. The van der Waals surface area contributed by atoms with Crippen LogP contribution < -0.4 is 0 Å². The van der Waals surface area contributed by atoms with Gasteiger partial charge in [0.15, 0.2) is 0 Å². The fraction of sp³-hybridized carbons (Fsp3) is 0. The van der Waals surface area contributed by atoms with Crippen molar-refractivity contribution in [3.05, 3.63) is 164 Å². The Morgan fingerprint density at radius 3 is 1.80 bits per heavy atom. The van der Waals surface area contributed by atoms with Crippen LogP contribution in [-0.4, -0.2) is 24.5 Å². The molecule has 6 aromatic heterocycles. The van der Waals surface area contributed by atoms with E-state index in [4.69, 9.17) is 9.97 Å². The Morgan fingerprint density at radius 1 is 0.460 bits per heavy atom. The van der Waals surface area contributed by atoms with Crippen LogP contribution in [0.3, 0.4) is 0 Å². The number of rotatable bonds is 5. The monoisotopic (exact) mass is 657 g/mol. The van der Waals surface area contributed by atoms with Gasteiger partial charge in [-0.25, -0.2) is 9.97 Å². The topological polar surface area (TPSA) is 56.5 Å². The van der Waals surface area contributed by atoms with Gasteiger partial charge >= 0.3 is 0 Å². The molecule has 0 unspecified atom stereocenters. The van der Waals surface area contributed by atoms with Crippen LogP contribution in [0.15, 0.2) is 164 Å². The van der Waals surface area contributed by atoms with E-state index in [9.17, 15) is 0 Å². The lowest BCUT2D eigenvalue weighted by Gasteiger charge is -2.13. The molecule has 234 valence electrons. The van der Waals surface area contributed by atoms with E-state index in [1.807, 2.05) is 47.7 Å². The van der Waals surface area contributed by atoms with Gasteiger partial charge in [-0.2, -0.15) is 0 Å². The predicted molar refractivity (Wildman–Crippen MR) is 207 cm³/mol. The number of fused-ring (bicyclic) bond motifs is 7. The van der Waals surface area contributed by atoms with Gasteiger partial charge in [-0.1, -0.05) is 91.0 Å². The zero-order chi connectivity index (χ0) is 33.0. The summed E-state index contributed by atoms with van der Waals surface area (Å²) in [5.41, 5.74) is 12.0. The maximum Gasteiger partial charge on any atom is 0.0900 e. The molecular formula is C44H27N5S. The Kier molecular flexibility index (Phi) is 6.60. The van der Waals surface area contributed by atoms with Gasteiger partial charge in [-0.3, -0.25) is 9.97 Å². The summed E-state index contributed by atoms with van der Waals surface area (Å²) in [7, 11) is 0. The zero-order valence-electron chi connectivity index (χ0n) is 26.7. The summed E-state index contributed by atoms with van der Waals surface area (Å²) >= 11 is 1.86. The fourth-order valence-electron chi connectivity index (χ4n) is 7.01. The molecule has 0 aliphatic heterocycles. The lowest BCUT2D eigenvalue weighted by molar-refractivity contribution is 1.19. The van der Waals surface area contributed by atoms with E-state index in [1.165, 1.54) is 36.6 Å². The van der Waals surface area contributed by atoms with Crippen molar-refractivity contribution < 1.29 is 0 Å². The zero-order valence-corrected chi connectivity index (χ0v) is 27.5. The second-order valence-electron chi connectivity index (χ2n) is 12.3. The second-order valence-corrected chi connectivity index (χ2v) is 13.3. The highest BCUT2D eigenvalue weighted by Crippen LogP contribution is 2.47. The van der Waals surface area contributed by atoms with Crippen molar-refractivity contribution in [1.29, 1.82) is 0 Å². The van der Waals surface area contributed by atoms with E-state index < -0.39 is 0 Å². The molecule has 6 heterocycles. The van der Waals surface area contributed by atoms with E-state index in [-0.39, 0.29) is 0 Å². The van der Waals surface area contributed by atoms with Gasteiger partial charge in [0.1, 0.15) is 0 Å². The van der Waals surface area contributed by atoms with Crippen LogP contribution in [0.25, 0.3) is 93.0 Å². The van der Waals surface area contributed by atoms with Crippen LogP contribution >= 0.6 is 11.3 Å². The van der Waals surface area contributed by atoms with E-state index in [0.29, 0.717) is 0 Å². The van der Waals surface area contributed by atoms with E-state index >= 15 is 0 Å². The van der Waals surface area contributed by atoms with Crippen LogP contribution in [0.1, 0.15) is 0 Å². The van der Waals surface area contributed by atoms with E-state index in [2.05, 4.69) is 130 Å². The number of nitrogens with zero attached hydrogens (tertiary/aromatic N) is 5. The normalized spacial score (nSPS) is 11.6. The summed E-state index contributed by atoms with van der Waals surface area (Å²) in [4.78, 5) is 19.5. The third-order valence-electron chi connectivity index (χ3n) is 9.30. The number of benzene rings is 4. The van der Waals surface area contributed by atoms with Gasteiger partial charge in [-0.05, 0) is 71.8 Å². The third-order valence-corrected chi connectivity index (χ3v) is 10.5. The number of thiophene rings is 1. The lowest BCUT2D eigenvalue weighted by Crippen LogP contribution is -1.96. The Labute approximate surface area is 291 Å².